The van der Waals surface area contributed by atoms with Crippen LogP contribution in [0, 0.1) is 21.7 Å². The number of hydrogen-bond donors (Lipinski definition) is 4. The molecule has 1 aliphatic rings. The minimum Gasteiger partial charge on any atom is -0.493 e. The van der Waals surface area contributed by atoms with Crippen molar-refractivity contribution < 1.29 is 18.9 Å². The Morgan fingerprint density at radius 3 is 0.909 bits per heavy atom. The monoisotopic (exact) mass is 1020 g/mol. The number of hydrogen-bond acceptors (Lipinski definition) is 4. The number of ether oxygens (including phenoxy) is 4. The number of aromatic amines is 4. The van der Waals surface area contributed by atoms with Gasteiger partial charge in [0.05, 0.1) is 57.5 Å². The van der Waals surface area contributed by atoms with Crippen molar-refractivity contribution in [2.45, 2.75) is 109 Å². The average Bonchev–Trinajstić information content (AvgIpc) is 4.04. The van der Waals surface area contributed by atoms with Crippen LogP contribution in [-0.4, -0.2) is 46.4 Å². The minimum absolute atomic E-state index is 0.145. The van der Waals surface area contributed by atoms with Gasteiger partial charge in [0.15, 0.2) is 0 Å². The van der Waals surface area contributed by atoms with E-state index in [2.05, 4.69) is 208 Å². The van der Waals surface area contributed by atoms with Gasteiger partial charge in [-0.3, -0.25) is 0 Å². The Morgan fingerprint density at radius 2 is 0.621 bits per heavy atom. The van der Waals surface area contributed by atoms with Crippen LogP contribution in [0.1, 0.15) is 143 Å². The van der Waals surface area contributed by atoms with Gasteiger partial charge in [0.2, 0.25) is 0 Å². The lowest BCUT2D eigenvalue weighted by Crippen LogP contribution is -2.17. The predicted molar refractivity (Wildman–Crippen MR) is 279 cm³/mol. The summed E-state index contributed by atoms with van der Waals surface area (Å²) in [5, 5.41) is 3.73. The molecule has 0 unspecified atom stereocenters. The summed E-state index contributed by atoms with van der Waals surface area (Å²) >= 11 is 8.02. The standard InChI is InChI=1S/C56H70Br2N4O4/c1-53(2,3)21-25-63-37-29-35(30-38(33-37)64-26-22-54(4,5)6)49-41-13-17-45(59-41)51(57)47-19-15-43(61-47)50(44-16-20-48(62-44)52(58)46-18-14-42(49)60-46)36-31-39(65-27-23-55(7,8)9)34-40(32-36)66-28-24-56(10,11)12/h13-20,29-34,59-62H,21-28H2,1-12H3. The van der Waals surface area contributed by atoms with Gasteiger partial charge in [-0.05, 0) is 163 Å². The smallest absolute Gasteiger partial charge is 0.123 e. The summed E-state index contributed by atoms with van der Waals surface area (Å²) in [5.41, 5.74) is 8.23. The van der Waals surface area contributed by atoms with E-state index in [9.17, 15) is 0 Å². The highest BCUT2D eigenvalue weighted by Crippen LogP contribution is 2.34. The molecule has 8 bridgehead atoms. The fraction of sp³-hybridized carbons (Fsp3) is 0.429. The van der Waals surface area contributed by atoms with Crippen LogP contribution in [0.4, 0.5) is 0 Å². The van der Waals surface area contributed by atoms with Crippen LogP contribution in [0.25, 0.3) is 20.1 Å². The molecule has 4 N–H and O–H groups in total. The lowest BCUT2D eigenvalue weighted by Gasteiger charge is -2.20. The van der Waals surface area contributed by atoms with Gasteiger partial charge in [-0.1, -0.05) is 83.1 Å². The number of benzene rings is 2. The lowest BCUT2D eigenvalue weighted by molar-refractivity contribution is 0.233. The van der Waals surface area contributed by atoms with E-state index in [1.165, 1.54) is 0 Å². The van der Waals surface area contributed by atoms with Crippen molar-refractivity contribution in [2.75, 3.05) is 26.4 Å². The molecule has 0 saturated carbocycles. The first kappa shape index (κ1) is 49.1. The van der Waals surface area contributed by atoms with E-state index in [1.54, 1.807) is 0 Å². The molecule has 4 aromatic heterocycles. The number of halogens is 2. The van der Waals surface area contributed by atoms with E-state index < -0.39 is 0 Å². The average molecular weight is 1020 g/mol. The molecule has 352 valence electrons. The van der Waals surface area contributed by atoms with Crippen molar-refractivity contribution in [2.24, 2.45) is 21.7 Å². The zero-order valence-corrected chi connectivity index (χ0v) is 44.3. The number of rotatable bonds is 14. The number of H-pyrrole nitrogens is 4. The van der Waals surface area contributed by atoms with Crippen LogP contribution >= 0.6 is 31.9 Å². The molecule has 0 radical (unpaired) electrons. The molecule has 2 aromatic carbocycles. The molecule has 0 aliphatic carbocycles. The topological polar surface area (TPSA) is 100 Å². The second-order valence-corrected chi connectivity index (χ2v) is 24.1. The molecule has 5 heterocycles. The predicted octanol–water partition coefficient (Wildman–Crippen LogP) is 12.2. The summed E-state index contributed by atoms with van der Waals surface area (Å²) in [6.07, 6.45) is 3.70. The number of nitrogens with one attached hydrogen (secondary N) is 4. The Kier molecular flexibility index (Phi) is 14.7. The largest absolute Gasteiger partial charge is 0.493 e. The van der Waals surface area contributed by atoms with E-state index in [4.69, 9.17) is 18.9 Å². The first-order chi connectivity index (χ1) is 31.0. The fourth-order valence-electron chi connectivity index (χ4n) is 7.54. The Bertz CT molecular complexity index is 2630. The maximum absolute atomic E-state index is 6.48. The molecule has 0 saturated heterocycles. The van der Waals surface area contributed by atoms with Crippen molar-refractivity contribution in [1.82, 2.24) is 19.9 Å². The van der Waals surface area contributed by atoms with E-state index in [0.29, 0.717) is 26.4 Å². The van der Waals surface area contributed by atoms with Crippen molar-refractivity contribution >= 4 is 52.0 Å². The fourth-order valence-corrected chi connectivity index (χ4v) is 8.47. The van der Waals surface area contributed by atoms with Crippen LogP contribution < -0.4 is 40.3 Å². The molecule has 6 aromatic rings. The zero-order valence-electron chi connectivity index (χ0n) is 41.1. The molecule has 8 nitrogen and oxygen atoms in total. The molecule has 0 atom stereocenters. The summed E-state index contributed by atoms with van der Waals surface area (Å²) < 4.78 is 27.7. The molecule has 7 rings (SSSR count). The van der Waals surface area contributed by atoms with Gasteiger partial charge >= 0.3 is 0 Å². The Balaban J connectivity index is 1.39. The van der Waals surface area contributed by atoms with Crippen LogP contribution in [0.2, 0.25) is 0 Å². The van der Waals surface area contributed by atoms with Gasteiger partial charge in [0.1, 0.15) is 23.0 Å². The van der Waals surface area contributed by atoms with E-state index >= 15 is 0 Å². The first-order valence-corrected chi connectivity index (χ1v) is 25.0. The molecule has 1 aliphatic heterocycles. The quantitative estimate of drug-likeness (QED) is 0.0873. The Labute approximate surface area is 408 Å². The van der Waals surface area contributed by atoms with E-state index in [0.717, 1.165) is 124 Å². The highest BCUT2D eigenvalue weighted by molar-refractivity contribution is 9.15. The van der Waals surface area contributed by atoms with Gasteiger partial charge in [-0.2, -0.15) is 0 Å². The third kappa shape index (κ3) is 13.2. The van der Waals surface area contributed by atoms with Crippen LogP contribution in [0.15, 0.2) is 84.9 Å². The maximum Gasteiger partial charge on any atom is 0.123 e. The van der Waals surface area contributed by atoms with Gasteiger partial charge < -0.3 is 38.9 Å². The Morgan fingerprint density at radius 1 is 0.348 bits per heavy atom. The maximum atomic E-state index is 6.48. The van der Waals surface area contributed by atoms with E-state index in [-0.39, 0.29) is 21.7 Å². The summed E-state index contributed by atoms with van der Waals surface area (Å²) in [6.45, 7) is 29.3. The third-order valence-electron chi connectivity index (χ3n) is 11.6. The van der Waals surface area contributed by atoms with Crippen LogP contribution in [-0.2, 0) is 0 Å². The van der Waals surface area contributed by atoms with Crippen molar-refractivity contribution in [3.63, 3.8) is 0 Å². The van der Waals surface area contributed by atoms with Crippen LogP contribution in [0.5, 0.6) is 23.0 Å². The molecule has 0 amide bonds. The summed E-state index contributed by atoms with van der Waals surface area (Å²) in [7, 11) is 0. The van der Waals surface area contributed by atoms with Gasteiger partial charge in [0.25, 0.3) is 0 Å². The zero-order chi connectivity index (χ0) is 47.6. The molecule has 0 spiro atoms. The highest BCUT2D eigenvalue weighted by atomic mass is 79.9. The minimum atomic E-state index is 0.145. The SMILES string of the molecule is CC(C)(C)CCOc1cc(OCCC(C)(C)C)cc(C2=c3ccc([nH]3)=C(Br)c3ccc([nH]3)C(c3cc(OCCC(C)(C)C)cc(OCCC(C)(C)C)c3)=c3ccc([nH]3)=C(Br)c3ccc2[nH]3)c1. The summed E-state index contributed by atoms with van der Waals surface area (Å²) in [5.74, 6) is 3.10. The first-order valence-electron chi connectivity index (χ1n) is 23.4. The van der Waals surface area contributed by atoms with Crippen molar-refractivity contribution in [3.8, 4) is 23.0 Å². The van der Waals surface area contributed by atoms with Crippen molar-refractivity contribution in [1.29, 1.82) is 0 Å². The molecule has 66 heavy (non-hydrogen) atoms. The van der Waals surface area contributed by atoms with Crippen molar-refractivity contribution in [3.05, 3.63) is 140 Å². The van der Waals surface area contributed by atoms with Gasteiger partial charge in [0, 0.05) is 45.4 Å². The van der Waals surface area contributed by atoms with Gasteiger partial charge in [-0.25, -0.2) is 0 Å². The summed E-state index contributed by atoms with van der Waals surface area (Å²) in [6, 6.07) is 29.6. The Hall–Kier alpha value is -4.80. The number of aromatic nitrogens is 4. The molecule has 10 heteroatoms. The molecule has 0 fully saturated rings. The van der Waals surface area contributed by atoms with E-state index in [1.807, 2.05) is 12.1 Å². The molecular formula is C56H70Br2N4O4. The molecular weight excluding hydrogens is 952 g/mol. The normalized spacial score (nSPS) is 13.7. The highest BCUT2D eigenvalue weighted by Gasteiger charge is 2.20. The van der Waals surface area contributed by atoms with Gasteiger partial charge in [-0.15, -0.1) is 0 Å². The number of fused-ring (bicyclic) bond motifs is 8. The third-order valence-corrected chi connectivity index (χ3v) is 13.3. The lowest BCUT2D eigenvalue weighted by atomic mass is 9.93. The second-order valence-electron chi connectivity index (χ2n) is 22.5. The van der Waals surface area contributed by atoms with Crippen LogP contribution in [0.3, 0.4) is 0 Å². The summed E-state index contributed by atoms with van der Waals surface area (Å²) in [4.78, 5) is 15.1. The second kappa shape index (κ2) is 19.8.